The average molecular weight is 354 g/mol. The van der Waals surface area contributed by atoms with E-state index < -0.39 is 0 Å². The first-order valence-electron chi connectivity index (χ1n) is 9.22. The Morgan fingerprint density at radius 1 is 1.23 bits per heavy atom. The second kappa shape index (κ2) is 8.17. The van der Waals surface area contributed by atoms with Crippen LogP contribution in [-0.4, -0.2) is 34.8 Å². The second-order valence-electron chi connectivity index (χ2n) is 6.86. The highest BCUT2D eigenvalue weighted by Crippen LogP contribution is 2.18. The van der Waals surface area contributed by atoms with Gasteiger partial charge in [0, 0.05) is 31.7 Å². The number of anilines is 1. The van der Waals surface area contributed by atoms with Crippen molar-refractivity contribution in [3.8, 4) is 0 Å². The van der Waals surface area contributed by atoms with Crippen LogP contribution in [0, 0.1) is 6.92 Å². The van der Waals surface area contributed by atoms with E-state index in [1.165, 1.54) is 10.2 Å². The van der Waals surface area contributed by atoms with E-state index in [2.05, 4.69) is 15.3 Å². The Balaban J connectivity index is 1.50. The van der Waals surface area contributed by atoms with Gasteiger partial charge < -0.3 is 10.2 Å². The van der Waals surface area contributed by atoms with Gasteiger partial charge in [-0.2, -0.15) is 5.10 Å². The number of nitrogens with one attached hydrogen (secondary N) is 1. The van der Waals surface area contributed by atoms with Gasteiger partial charge in [0.1, 0.15) is 0 Å². The molecule has 1 aliphatic rings. The predicted molar refractivity (Wildman–Crippen MR) is 102 cm³/mol. The second-order valence-corrected chi connectivity index (χ2v) is 6.86. The lowest BCUT2D eigenvalue weighted by Gasteiger charge is -2.33. The molecule has 0 saturated carbocycles. The summed E-state index contributed by atoms with van der Waals surface area (Å²) in [4.78, 5) is 26.4. The molecule has 0 aliphatic carbocycles. The monoisotopic (exact) mass is 354 g/mol. The van der Waals surface area contributed by atoms with Crippen molar-refractivity contribution >= 4 is 11.6 Å². The lowest BCUT2D eigenvalue weighted by atomic mass is 10.0. The number of aryl methyl sites for hydroxylation is 2. The smallest absolute Gasteiger partial charge is 0.268 e. The molecule has 1 aromatic heterocycles. The zero-order valence-electron chi connectivity index (χ0n) is 15.4. The highest BCUT2D eigenvalue weighted by atomic mass is 16.1. The summed E-state index contributed by atoms with van der Waals surface area (Å²) < 4.78 is 1.45. The summed E-state index contributed by atoms with van der Waals surface area (Å²) in [7, 11) is 0. The van der Waals surface area contributed by atoms with E-state index in [0.717, 1.165) is 37.2 Å². The minimum Gasteiger partial charge on any atom is -0.370 e. The van der Waals surface area contributed by atoms with Crippen LogP contribution in [0.25, 0.3) is 0 Å². The molecule has 0 spiro atoms. The van der Waals surface area contributed by atoms with Gasteiger partial charge in [-0.05, 0) is 32.3 Å². The van der Waals surface area contributed by atoms with Crippen molar-refractivity contribution in [2.24, 2.45) is 0 Å². The fourth-order valence-electron chi connectivity index (χ4n) is 3.29. The van der Waals surface area contributed by atoms with Gasteiger partial charge in [-0.1, -0.05) is 29.8 Å². The summed E-state index contributed by atoms with van der Waals surface area (Å²) in [6, 6.07) is 9.90. The lowest BCUT2D eigenvalue weighted by molar-refractivity contribution is -0.121. The minimum atomic E-state index is -0.0708. The van der Waals surface area contributed by atoms with Crippen molar-refractivity contribution in [2.75, 3.05) is 18.0 Å². The number of nitrogens with zero attached hydrogens (tertiary/aromatic N) is 3. The molecule has 1 aliphatic heterocycles. The summed E-state index contributed by atoms with van der Waals surface area (Å²) >= 11 is 0. The predicted octanol–water partition coefficient (Wildman–Crippen LogP) is 1.90. The topological polar surface area (TPSA) is 67.2 Å². The maximum atomic E-state index is 12.3. The number of amides is 1. The number of hydrogen-bond donors (Lipinski definition) is 1. The Hall–Kier alpha value is -2.63. The van der Waals surface area contributed by atoms with Crippen LogP contribution >= 0.6 is 0 Å². The molecule has 0 atom stereocenters. The van der Waals surface area contributed by atoms with Crippen molar-refractivity contribution in [1.82, 2.24) is 15.1 Å². The fraction of sp³-hybridized carbons (Fsp3) is 0.450. The number of carbonyl (C=O) groups is 1. The molecule has 0 bridgehead atoms. The minimum absolute atomic E-state index is 0.0690. The van der Waals surface area contributed by atoms with Gasteiger partial charge in [0.05, 0.1) is 18.3 Å². The first-order chi connectivity index (χ1) is 12.5. The highest BCUT2D eigenvalue weighted by Gasteiger charge is 2.21. The van der Waals surface area contributed by atoms with E-state index in [1.54, 1.807) is 12.3 Å². The van der Waals surface area contributed by atoms with Crippen LogP contribution in [0.4, 0.5) is 5.69 Å². The third-order valence-electron chi connectivity index (χ3n) is 4.87. The molecular weight excluding hydrogens is 328 g/mol. The van der Waals surface area contributed by atoms with Crippen LogP contribution in [0.5, 0.6) is 0 Å². The third-order valence-corrected chi connectivity index (χ3v) is 4.87. The maximum absolute atomic E-state index is 12.3. The van der Waals surface area contributed by atoms with Crippen molar-refractivity contribution in [1.29, 1.82) is 0 Å². The third kappa shape index (κ3) is 4.50. The van der Waals surface area contributed by atoms with Gasteiger partial charge in [-0.25, -0.2) is 4.68 Å². The molecule has 3 rings (SSSR count). The molecule has 0 unspecified atom stereocenters. The van der Waals surface area contributed by atoms with E-state index in [9.17, 15) is 9.59 Å². The van der Waals surface area contributed by atoms with Crippen LogP contribution < -0.4 is 15.8 Å². The van der Waals surface area contributed by atoms with Crippen molar-refractivity contribution < 1.29 is 4.79 Å². The standard InChI is InChI=1S/C20H26N4O2/c1-3-24-20(26)13-18(14-21-24)23-10-8-17(9-11-23)22-19(25)12-16-6-4-15(2)5-7-16/h4-7,13-14,17H,3,8-12H2,1-2H3,(H,22,25). The SMILES string of the molecule is CCn1ncc(N2CCC(NC(=O)Cc3ccc(C)cc3)CC2)cc1=O. The number of rotatable bonds is 5. The van der Waals surface area contributed by atoms with Crippen molar-refractivity contribution in [2.45, 2.75) is 45.7 Å². The number of piperidine rings is 1. The Labute approximate surface area is 153 Å². The Morgan fingerprint density at radius 3 is 2.54 bits per heavy atom. The summed E-state index contributed by atoms with van der Waals surface area (Å²) in [5.41, 5.74) is 3.03. The summed E-state index contributed by atoms with van der Waals surface area (Å²) in [5.74, 6) is 0.0690. The Kier molecular flexibility index (Phi) is 5.71. The van der Waals surface area contributed by atoms with Gasteiger partial charge in [0.25, 0.3) is 5.56 Å². The number of carbonyl (C=O) groups excluding carboxylic acids is 1. The molecule has 26 heavy (non-hydrogen) atoms. The van der Waals surface area contributed by atoms with Gasteiger partial charge in [-0.15, -0.1) is 0 Å². The number of hydrogen-bond acceptors (Lipinski definition) is 4. The zero-order valence-corrected chi connectivity index (χ0v) is 15.4. The zero-order chi connectivity index (χ0) is 18.5. The Morgan fingerprint density at radius 2 is 1.92 bits per heavy atom. The van der Waals surface area contributed by atoms with Crippen molar-refractivity contribution in [3.05, 3.63) is 58.0 Å². The van der Waals surface area contributed by atoms with Crippen LogP contribution in [0.1, 0.15) is 30.9 Å². The van der Waals surface area contributed by atoms with Crippen molar-refractivity contribution in [3.63, 3.8) is 0 Å². The van der Waals surface area contributed by atoms with E-state index in [4.69, 9.17) is 0 Å². The molecule has 2 heterocycles. The molecule has 1 amide bonds. The van der Waals surface area contributed by atoms with E-state index >= 15 is 0 Å². The largest absolute Gasteiger partial charge is 0.370 e. The lowest BCUT2D eigenvalue weighted by Crippen LogP contribution is -2.45. The molecule has 0 radical (unpaired) electrons. The molecule has 2 aromatic rings. The van der Waals surface area contributed by atoms with Crippen LogP contribution in [-0.2, 0) is 17.8 Å². The average Bonchev–Trinajstić information content (AvgIpc) is 2.64. The number of benzene rings is 1. The quantitative estimate of drug-likeness (QED) is 0.891. The molecule has 138 valence electrons. The van der Waals surface area contributed by atoms with Crippen LogP contribution in [0.3, 0.4) is 0 Å². The van der Waals surface area contributed by atoms with Gasteiger partial charge in [0.2, 0.25) is 5.91 Å². The first kappa shape index (κ1) is 18.2. The van der Waals surface area contributed by atoms with Gasteiger partial charge >= 0.3 is 0 Å². The van der Waals surface area contributed by atoms with E-state index in [1.807, 2.05) is 38.1 Å². The number of aromatic nitrogens is 2. The molecule has 1 N–H and O–H groups in total. The first-order valence-corrected chi connectivity index (χ1v) is 9.22. The van der Waals surface area contributed by atoms with Gasteiger partial charge in [0.15, 0.2) is 0 Å². The molecule has 6 heteroatoms. The summed E-state index contributed by atoms with van der Waals surface area (Å²) in [6.45, 7) is 6.14. The fourth-order valence-corrected chi connectivity index (χ4v) is 3.29. The molecule has 1 fully saturated rings. The molecule has 1 aromatic carbocycles. The Bertz CT molecular complexity index is 805. The van der Waals surface area contributed by atoms with E-state index in [-0.39, 0.29) is 17.5 Å². The van der Waals surface area contributed by atoms with Crippen LogP contribution in [0.2, 0.25) is 0 Å². The molecule has 1 saturated heterocycles. The van der Waals surface area contributed by atoms with E-state index in [0.29, 0.717) is 13.0 Å². The van der Waals surface area contributed by atoms with Crippen LogP contribution in [0.15, 0.2) is 41.3 Å². The summed E-state index contributed by atoms with van der Waals surface area (Å²) in [6.07, 6.45) is 3.91. The summed E-state index contributed by atoms with van der Waals surface area (Å²) in [5, 5.41) is 7.32. The normalized spacial score (nSPS) is 15.1. The highest BCUT2D eigenvalue weighted by molar-refractivity contribution is 5.78. The molecule has 6 nitrogen and oxygen atoms in total. The van der Waals surface area contributed by atoms with Gasteiger partial charge in [-0.3, -0.25) is 9.59 Å². The molecular formula is C20H26N4O2. The maximum Gasteiger partial charge on any atom is 0.268 e.